The monoisotopic (exact) mass is 248 g/mol. The minimum Gasteiger partial charge on any atom is -0.399 e. The molecular weight excluding hydrogens is 232 g/mol. The van der Waals surface area contributed by atoms with Gasteiger partial charge in [0.1, 0.15) is 0 Å². The van der Waals surface area contributed by atoms with Crippen molar-refractivity contribution < 1.29 is 0 Å². The van der Waals surface area contributed by atoms with Crippen molar-refractivity contribution in [2.24, 2.45) is 0 Å². The molecule has 17 heavy (non-hydrogen) atoms. The van der Waals surface area contributed by atoms with E-state index in [0.717, 1.165) is 29.0 Å². The maximum absolute atomic E-state index is 5.96. The molecule has 1 aliphatic rings. The van der Waals surface area contributed by atoms with Crippen LogP contribution < -0.4 is 11.5 Å². The highest BCUT2D eigenvalue weighted by Crippen LogP contribution is 2.36. The van der Waals surface area contributed by atoms with Crippen molar-refractivity contribution in [2.45, 2.75) is 12.3 Å². The number of nitrogens with zero attached hydrogens (tertiary/aromatic N) is 2. The summed E-state index contributed by atoms with van der Waals surface area (Å²) >= 11 is 1.51. The predicted molar refractivity (Wildman–Crippen MR) is 73.3 cm³/mol. The van der Waals surface area contributed by atoms with Crippen LogP contribution in [-0.4, -0.2) is 30.0 Å². The number of thiazole rings is 1. The Hall–Kier alpha value is -1.33. The van der Waals surface area contributed by atoms with Gasteiger partial charge < -0.3 is 16.4 Å². The first kappa shape index (κ1) is 10.8. The van der Waals surface area contributed by atoms with Crippen LogP contribution in [0.3, 0.4) is 0 Å². The lowest BCUT2D eigenvalue weighted by Gasteiger charge is -2.12. The van der Waals surface area contributed by atoms with Crippen LogP contribution in [0.25, 0.3) is 10.2 Å². The highest BCUT2D eigenvalue weighted by molar-refractivity contribution is 7.22. The van der Waals surface area contributed by atoms with E-state index in [4.69, 9.17) is 11.5 Å². The molecular formula is C12H16N4S. The van der Waals surface area contributed by atoms with E-state index in [1.807, 2.05) is 6.07 Å². The predicted octanol–water partition coefficient (Wildman–Crippen LogP) is 1.88. The van der Waals surface area contributed by atoms with E-state index < -0.39 is 0 Å². The second-order valence-corrected chi connectivity index (χ2v) is 5.82. The zero-order valence-electron chi connectivity index (χ0n) is 9.81. The van der Waals surface area contributed by atoms with Crippen LogP contribution in [0.4, 0.5) is 10.8 Å². The summed E-state index contributed by atoms with van der Waals surface area (Å²) in [5.74, 6) is 0.535. The molecule has 0 bridgehead atoms. The maximum Gasteiger partial charge on any atom is 0.181 e. The van der Waals surface area contributed by atoms with Gasteiger partial charge in [0.05, 0.1) is 10.2 Å². The maximum atomic E-state index is 5.96. The van der Waals surface area contributed by atoms with Crippen LogP contribution in [0.5, 0.6) is 0 Å². The van der Waals surface area contributed by atoms with Crippen molar-refractivity contribution in [1.29, 1.82) is 0 Å². The molecule has 2 aromatic rings. The zero-order chi connectivity index (χ0) is 12.0. The number of nitrogens with two attached hydrogens (primary N) is 2. The minimum absolute atomic E-state index is 0.535. The van der Waals surface area contributed by atoms with Gasteiger partial charge in [0.25, 0.3) is 0 Å². The van der Waals surface area contributed by atoms with E-state index >= 15 is 0 Å². The lowest BCUT2D eigenvalue weighted by molar-refractivity contribution is 0.412. The van der Waals surface area contributed by atoms with Gasteiger partial charge in [0.2, 0.25) is 0 Å². The molecule has 4 N–H and O–H groups in total. The van der Waals surface area contributed by atoms with E-state index in [9.17, 15) is 0 Å². The Labute approximate surface area is 104 Å². The first-order valence-electron chi connectivity index (χ1n) is 5.77. The Morgan fingerprint density at radius 2 is 2.24 bits per heavy atom. The summed E-state index contributed by atoms with van der Waals surface area (Å²) in [7, 11) is 2.15. The van der Waals surface area contributed by atoms with E-state index in [1.54, 1.807) is 0 Å². The first-order valence-corrected chi connectivity index (χ1v) is 6.59. The van der Waals surface area contributed by atoms with E-state index in [0.29, 0.717) is 11.0 Å². The molecule has 1 saturated heterocycles. The second kappa shape index (κ2) is 3.85. The zero-order valence-corrected chi connectivity index (χ0v) is 10.6. The molecule has 1 aromatic heterocycles. The molecule has 1 fully saturated rings. The molecule has 0 amide bonds. The third kappa shape index (κ3) is 1.85. The van der Waals surface area contributed by atoms with Gasteiger partial charge in [0, 0.05) is 18.2 Å². The Morgan fingerprint density at radius 3 is 2.94 bits per heavy atom. The van der Waals surface area contributed by atoms with Gasteiger partial charge in [-0.15, -0.1) is 0 Å². The standard InChI is InChI=1S/C12H16N4S/c1-16-3-2-7(6-16)9-4-8(13)5-10-11(9)15-12(14)17-10/h4-5,7H,2-3,6,13H2,1H3,(H2,14,15). The third-order valence-electron chi connectivity index (χ3n) is 3.39. The van der Waals surface area contributed by atoms with E-state index in [-0.39, 0.29) is 0 Å². The fraction of sp³-hybridized carbons (Fsp3) is 0.417. The number of aromatic nitrogens is 1. The van der Waals surface area contributed by atoms with Crippen molar-refractivity contribution in [3.05, 3.63) is 17.7 Å². The van der Waals surface area contributed by atoms with Gasteiger partial charge in [-0.2, -0.15) is 0 Å². The Bertz CT molecular complexity index is 563. The summed E-state index contributed by atoms with van der Waals surface area (Å²) in [5.41, 5.74) is 14.9. The minimum atomic E-state index is 0.535. The molecule has 0 spiro atoms. The van der Waals surface area contributed by atoms with Crippen molar-refractivity contribution >= 4 is 32.4 Å². The quantitative estimate of drug-likeness (QED) is 0.756. The van der Waals surface area contributed by atoms with Crippen LogP contribution in [0, 0.1) is 0 Å². The van der Waals surface area contributed by atoms with Crippen molar-refractivity contribution in [2.75, 3.05) is 31.6 Å². The van der Waals surface area contributed by atoms with E-state index in [2.05, 4.69) is 23.0 Å². The van der Waals surface area contributed by atoms with Gasteiger partial charge in [-0.3, -0.25) is 0 Å². The molecule has 1 atom stereocenters. The van der Waals surface area contributed by atoms with Gasteiger partial charge in [0.15, 0.2) is 5.13 Å². The van der Waals surface area contributed by atoms with Crippen LogP contribution in [0.2, 0.25) is 0 Å². The van der Waals surface area contributed by atoms with Gasteiger partial charge >= 0.3 is 0 Å². The summed E-state index contributed by atoms with van der Waals surface area (Å²) in [4.78, 5) is 6.79. The first-order chi connectivity index (χ1) is 8.13. The molecule has 0 saturated carbocycles. The van der Waals surface area contributed by atoms with Gasteiger partial charge in [-0.25, -0.2) is 4.98 Å². The normalized spacial score (nSPS) is 21.4. The van der Waals surface area contributed by atoms with Crippen molar-refractivity contribution in [1.82, 2.24) is 9.88 Å². The van der Waals surface area contributed by atoms with E-state index in [1.165, 1.54) is 23.3 Å². The SMILES string of the molecule is CN1CCC(c2cc(N)cc3sc(N)nc23)C1. The molecule has 0 aliphatic carbocycles. The average Bonchev–Trinajstić information content (AvgIpc) is 2.82. The number of rotatable bonds is 1. The lowest BCUT2D eigenvalue weighted by atomic mass is 9.97. The molecule has 5 heteroatoms. The van der Waals surface area contributed by atoms with Gasteiger partial charge in [-0.1, -0.05) is 11.3 Å². The van der Waals surface area contributed by atoms with Crippen LogP contribution >= 0.6 is 11.3 Å². The number of anilines is 2. The number of nitrogen functional groups attached to an aromatic ring is 2. The summed E-state index contributed by atoms with van der Waals surface area (Å²) in [6.45, 7) is 2.22. The smallest absolute Gasteiger partial charge is 0.181 e. The average molecular weight is 248 g/mol. The molecule has 2 heterocycles. The van der Waals surface area contributed by atoms with Crippen molar-refractivity contribution in [3.8, 4) is 0 Å². The number of likely N-dealkylation sites (tertiary alicyclic amines) is 1. The van der Waals surface area contributed by atoms with Crippen molar-refractivity contribution in [3.63, 3.8) is 0 Å². The summed E-state index contributed by atoms with van der Waals surface area (Å²) in [6.07, 6.45) is 1.17. The lowest BCUT2D eigenvalue weighted by Crippen LogP contribution is -2.13. The van der Waals surface area contributed by atoms with Crippen LogP contribution in [0.1, 0.15) is 17.9 Å². The fourth-order valence-corrected chi connectivity index (χ4v) is 3.41. The highest BCUT2D eigenvalue weighted by atomic mass is 32.1. The Kier molecular flexibility index (Phi) is 2.45. The Balaban J connectivity index is 2.14. The number of likely N-dealkylation sites (N-methyl/N-ethyl adjacent to an activating group) is 1. The Morgan fingerprint density at radius 1 is 1.41 bits per heavy atom. The molecule has 4 nitrogen and oxygen atoms in total. The number of hydrogen-bond acceptors (Lipinski definition) is 5. The summed E-state index contributed by atoms with van der Waals surface area (Å²) in [5, 5.41) is 0.623. The topological polar surface area (TPSA) is 68.2 Å². The fourth-order valence-electron chi connectivity index (χ4n) is 2.59. The molecule has 1 unspecified atom stereocenters. The van der Waals surface area contributed by atoms with Crippen LogP contribution in [0.15, 0.2) is 12.1 Å². The van der Waals surface area contributed by atoms with Crippen LogP contribution in [-0.2, 0) is 0 Å². The molecule has 1 aliphatic heterocycles. The second-order valence-electron chi connectivity index (χ2n) is 4.76. The molecule has 90 valence electrons. The molecule has 1 aromatic carbocycles. The number of benzene rings is 1. The summed E-state index contributed by atoms with van der Waals surface area (Å²) < 4.78 is 1.10. The largest absolute Gasteiger partial charge is 0.399 e. The highest BCUT2D eigenvalue weighted by Gasteiger charge is 2.24. The summed E-state index contributed by atoms with van der Waals surface area (Å²) in [6, 6.07) is 4.02. The van der Waals surface area contributed by atoms with Gasteiger partial charge in [-0.05, 0) is 37.7 Å². The third-order valence-corrected chi connectivity index (χ3v) is 4.23. The molecule has 3 rings (SSSR count). The number of hydrogen-bond donors (Lipinski definition) is 2. The number of fused-ring (bicyclic) bond motifs is 1. The molecule has 0 radical (unpaired) electrons.